The van der Waals surface area contributed by atoms with Crippen molar-refractivity contribution in [3.63, 3.8) is 0 Å². The number of aryl methyl sites for hydroxylation is 2. The van der Waals surface area contributed by atoms with Gasteiger partial charge in [0.15, 0.2) is 5.78 Å². The van der Waals surface area contributed by atoms with Crippen LogP contribution in [0, 0.1) is 5.92 Å². The van der Waals surface area contributed by atoms with E-state index in [2.05, 4.69) is 32.0 Å². The Morgan fingerprint density at radius 2 is 1.89 bits per heavy atom. The van der Waals surface area contributed by atoms with Crippen LogP contribution < -0.4 is 0 Å². The van der Waals surface area contributed by atoms with Gasteiger partial charge < -0.3 is 0 Å². The van der Waals surface area contributed by atoms with Gasteiger partial charge in [-0.2, -0.15) is 0 Å². The maximum atomic E-state index is 12.4. The molecule has 19 heavy (non-hydrogen) atoms. The largest absolute Gasteiger partial charge is 0.294 e. The summed E-state index contributed by atoms with van der Waals surface area (Å²) in [6, 6.07) is 6.42. The summed E-state index contributed by atoms with van der Waals surface area (Å²) >= 11 is 0. The van der Waals surface area contributed by atoms with Crippen molar-refractivity contribution in [1.82, 2.24) is 0 Å². The van der Waals surface area contributed by atoms with E-state index in [4.69, 9.17) is 0 Å². The van der Waals surface area contributed by atoms with E-state index >= 15 is 0 Å². The van der Waals surface area contributed by atoms with Crippen molar-refractivity contribution >= 4 is 5.78 Å². The topological polar surface area (TPSA) is 17.1 Å². The Balaban J connectivity index is 2.03. The molecule has 0 N–H and O–H groups in total. The van der Waals surface area contributed by atoms with Gasteiger partial charge in [0.05, 0.1) is 0 Å². The van der Waals surface area contributed by atoms with Gasteiger partial charge in [-0.05, 0) is 42.4 Å². The molecule has 0 spiro atoms. The molecule has 1 aromatic carbocycles. The first kappa shape index (κ1) is 14.3. The lowest BCUT2D eigenvalue weighted by atomic mass is 9.93. The van der Waals surface area contributed by atoms with Crippen molar-refractivity contribution in [2.75, 3.05) is 0 Å². The van der Waals surface area contributed by atoms with Crippen molar-refractivity contribution in [2.24, 2.45) is 5.92 Å². The van der Waals surface area contributed by atoms with Crippen LogP contribution in [0.2, 0.25) is 0 Å². The lowest BCUT2D eigenvalue weighted by Crippen LogP contribution is -2.06. The third-order valence-electron chi connectivity index (χ3n) is 4.52. The van der Waals surface area contributed by atoms with Gasteiger partial charge in [-0.1, -0.05) is 51.7 Å². The Morgan fingerprint density at radius 3 is 2.53 bits per heavy atom. The molecule has 1 heteroatoms. The van der Waals surface area contributed by atoms with Crippen LogP contribution in [0.25, 0.3) is 0 Å². The normalized spacial score (nSPS) is 15.9. The van der Waals surface area contributed by atoms with Crippen LogP contribution in [0.5, 0.6) is 0 Å². The zero-order chi connectivity index (χ0) is 13.7. The van der Waals surface area contributed by atoms with Gasteiger partial charge in [0.1, 0.15) is 0 Å². The molecule has 0 amide bonds. The number of hydrogen-bond donors (Lipinski definition) is 0. The summed E-state index contributed by atoms with van der Waals surface area (Å²) < 4.78 is 0. The maximum absolute atomic E-state index is 12.4. The van der Waals surface area contributed by atoms with Gasteiger partial charge in [-0.15, -0.1) is 0 Å². The van der Waals surface area contributed by atoms with E-state index in [1.807, 2.05) is 0 Å². The molecule has 0 unspecified atom stereocenters. The Bertz CT molecular complexity index is 427. The molecule has 0 bridgehead atoms. The summed E-state index contributed by atoms with van der Waals surface area (Å²) in [5.74, 6) is 1.17. The highest BCUT2D eigenvalue weighted by atomic mass is 16.1. The van der Waals surface area contributed by atoms with E-state index in [1.54, 1.807) is 0 Å². The highest BCUT2D eigenvalue weighted by Gasteiger charge is 2.18. The minimum absolute atomic E-state index is 0.360. The molecule has 1 aromatic rings. The molecule has 0 atom stereocenters. The fourth-order valence-electron chi connectivity index (χ4n) is 3.18. The molecule has 1 saturated carbocycles. The standard InChI is InChI=1S/C18H26O/c1-3-14-9-11-16(4-2)17(13-14)18(19)12-10-15-7-5-6-8-15/h9,11,13,15H,3-8,10,12H2,1-2H3. The van der Waals surface area contributed by atoms with E-state index in [-0.39, 0.29) is 0 Å². The van der Waals surface area contributed by atoms with Gasteiger partial charge in [0, 0.05) is 12.0 Å². The zero-order valence-corrected chi connectivity index (χ0v) is 12.4. The second kappa shape index (κ2) is 6.88. The number of Topliss-reactive ketones (excluding diaryl/α,β-unsaturated/α-hetero) is 1. The van der Waals surface area contributed by atoms with Crippen LogP contribution >= 0.6 is 0 Å². The summed E-state index contributed by atoms with van der Waals surface area (Å²) in [5.41, 5.74) is 3.48. The number of ketones is 1. The van der Waals surface area contributed by atoms with Crippen LogP contribution in [0.15, 0.2) is 18.2 Å². The maximum Gasteiger partial charge on any atom is 0.163 e. The minimum atomic E-state index is 0.360. The Labute approximate surface area is 117 Å². The molecular formula is C18H26O. The number of carbonyl (C=O) groups is 1. The number of carbonyl (C=O) groups excluding carboxylic acids is 1. The average Bonchev–Trinajstić information content (AvgIpc) is 2.97. The molecule has 0 saturated heterocycles. The van der Waals surface area contributed by atoms with Crippen molar-refractivity contribution < 1.29 is 4.79 Å². The van der Waals surface area contributed by atoms with Crippen LogP contribution in [-0.4, -0.2) is 5.78 Å². The summed E-state index contributed by atoms with van der Waals surface area (Å²) in [5, 5.41) is 0. The van der Waals surface area contributed by atoms with Gasteiger partial charge in [-0.25, -0.2) is 0 Å². The molecule has 1 aliphatic rings. The van der Waals surface area contributed by atoms with Gasteiger partial charge in [0.25, 0.3) is 0 Å². The molecule has 1 nitrogen and oxygen atoms in total. The van der Waals surface area contributed by atoms with Crippen LogP contribution in [-0.2, 0) is 12.8 Å². The fraction of sp³-hybridized carbons (Fsp3) is 0.611. The Hall–Kier alpha value is -1.11. The van der Waals surface area contributed by atoms with Crippen LogP contribution in [0.4, 0.5) is 0 Å². The van der Waals surface area contributed by atoms with Crippen LogP contribution in [0.3, 0.4) is 0 Å². The van der Waals surface area contributed by atoms with Crippen molar-refractivity contribution in [3.05, 3.63) is 34.9 Å². The van der Waals surface area contributed by atoms with Crippen molar-refractivity contribution in [3.8, 4) is 0 Å². The van der Waals surface area contributed by atoms with E-state index in [9.17, 15) is 4.79 Å². The first-order chi connectivity index (χ1) is 9.24. The molecular weight excluding hydrogens is 232 g/mol. The second-order valence-corrected chi connectivity index (χ2v) is 5.81. The molecule has 1 aliphatic carbocycles. The van der Waals surface area contributed by atoms with E-state index in [1.165, 1.54) is 36.8 Å². The summed E-state index contributed by atoms with van der Waals surface area (Å²) in [6.45, 7) is 4.28. The lowest BCUT2D eigenvalue weighted by Gasteiger charge is -2.11. The monoisotopic (exact) mass is 258 g/mol. The third kappa shape index (κ3) is 3.68. The second-order valence-electron chi connectivity index (χ2n) is 5.81. The first-order valence-electron chi connectivity index (χ1n) is 7.89. The highest BCUT2D eigenvalue weighted by molar-refractivity contribution is 5.97. The van der Waals surface area contributed by atoms with Crippen molar-refractivity contribution in [1.29, 1.82) is 0 Å². The number of rotatable bonds is 6. The zero-order valence-electron chi connectivity index (χ0n) is 12.4. The summed E-state index contributed by atoms with van der Waals surface area (Å²) in [6.07, 6.45) is 9.20. The first-order valence-corrected chi connectivity index (χ1v) is 7.89. The molecule has 2 rings (SSSR count). The minimum Gasteiger partial charge on any atom is -0.294 e. The average molecular weight is 258 g/mol. The SMILES string of the molecule is CCc1ccc(CC)c(C(=O)CCC2CCCC2)c1. The molecule has 0 aliphatic heterocycles. The van der Waals surface area contributed by atoms with E-state index in [0.717, 1.165) is 37.2 Å². The predicted molar refractivity (Wildman–Crippen MR) is 80.7 cm³/mol. The molecule has 1 fully saturated rings. The van der Waals surface area contributed by atoms with Gasteiger partial charge in [0.2, 0.25) is 0 Å². The quantitative estimate of drug-likeness (QED) is 0.659. The summed E-state index contributed by atoms with van der Waals surface area (Å²) in [7, 11) is 0. The van der Waals surface area contributed by atoms with E-state index < -0.39 is 0 Å². The molecule has 104 valence electrons. The molecule has 0 aromatic heterocycles. The third-order valence-corrected chi connectivity index (χ3v) is 4.52. The Morgan fingerprint density at radius 1 is 1.16 bits per heavy atom. The molecule has 0 radical (unpaired) electrons. The lowest BCUT2D eigenvalue weighted by molar-refractivity contribution is 0.0973. The van der Waals surface area contributed by atoms with Gasteiger partial charge in [-0.3, -0.25) is 4.79 Å². The highest BCUT2D eigenvalue weighted by Crippen LogP contribution is 2.29. The van der Waals surface area contributed by atoms with Crippen LogP contribution in [0.1, 0.15) is 73.9 Å². The Kier molecular flexibility index (Phi) is 5.18. The number of hydrogen-bond acceptors (Lipinski definition) is 1. The smallest absolute Gasteiger partial charge is 0.163 e. The van der Waals surface area contributed by atoms with Gasteiger partial charge >= 0.3 is 0 Å². The predicted octanol–water partition coefficient (Wildman–Crippen LogP) is 4.96. The summed E-state index contributed by atoms with van der Waals surface area (Å²) in [4.78, 5) is 12.4. The van der Waals surface area contributed by atoms with E-state index in [0.29, 0.717) is 5.78 Å². The van der Waals surface area contributed by atoms with Crippen molar-refractivity contribution in [2.45, 2.75) is 65.2 Å². The fourth-order valence-corrected chi connectivity index (χ4v) is 3.18. The number of benzene rings is 1. The molecule has 0 heterocycles.